The predicted octanol–water partition coefficient (Wildman–Crippen LogP) is 3.01. The Bertz CT molecular complexity index is 716. The van der Waals surface area contributed by atoms with Crippen LogP contribution in [-0.4, -0.2) is 47.7 Å². The second-order valence-corrected chi connectivity index (χ2v) is 7.09. The number of methoxy groups -OCH3 is 1. The van der Waals surface area contributed by atoms with Crippen molar-refractivity contribution in [3.8, 4) is 11.5 Å². The van der Waals surface area contributed by atoms with E-state index in [0.29, 0.717) is 12.0 Å². The van der Waals surface area contributed by atoms with E-state index < -0.39 is 12.1 Å². The van der Waals surface area contributed by atoms with Gasteiger partial charge in [0.2, 0.25) is 0 Å². The molecule has 0 saturated carbocycles. The highest BCUT2D eigenvalue weighted by Gasteiger charge is 2.39. The normalized spacial score (nSPS) is 29.2. The standard InChI is InChI=1S/C19H23ClO6/c1-10-7-15-14(26-15)6-4-3-5-11(21)8-12-17(19(23)25-10)13(22)9-16(24-2)18(12)20/h3,5,9-11,14-15,21-22H,4,6-8H2,1-2H3/t10-,11-,14+,15+/m1/s1. The molecule has 1 fully saturated rings. The Hall–Kier alpha value is -1.76. The van der Waals surface area contributed by atoms with Gasteiger partial charge < -0.3 is 24.4 Å². The third kappa shape index (κ3) is 4.14. The molecule has 1 saturated heterocycles. The van der Waals surface area contributed by atoms with E-state index in [1.807, 2.05) is 6.08 Å². The maximum atomic E-state index is 12.7. The van der Waals surface area contributed by atoms with E-state index in [9.17, 15) is 15.0 Å². The van der Waals surface area contributed by atoms with Gasteiger partial charge in [0.1, 0.15) is 23.2 Å². The summed E-state index contributed by atoms with van der Waals surface area (Å²) in [5.74, 6) is -0.738. The summed E-state index contributed by atoms with van der Waals surface area (Å²) in [5, 5.41) is 20.8. The predicted molar refractivity (Wildman–Crippen MR) is 95.9 cm³/mol. The highest BCUT2D eigenvalue weighted by atomic mass is 35.5. The number of ether oxygens (including phenoxy) is 3. The second-order valence-electron chi connectivity index (χ2n) is 6.71. The van der Waals surface area contributed by atoms with Crippen LogP contribution in [0, 0.1) is 0 Å². The van der Waals surface area contributed by atoms with Gasteiger partial charge in [0.25, 0.3) is 0 Å². The molecule has 0 aromatic heterocycles. The number of hydrogen-bond donors (Lipinski definition) is 2. The van der Waals surface area contributed by atoms with Crippen LogP contribution in [0.25, 0.3) is 0 Å². The fourth-order valence-corrected chi connectivity index (χ4v) is 3.59. The van der Waals surface area contributed by atoms with Crippen LogP contribution >= 0.6 is 11.6 Å². The van der Waals surface area contributed by atoms with Gasteiger partial charge in [0, 0.05) is 18.9 Å². The summed E-state index contributed by atoms with van der Waals surface area (Å²) in [5.41, 5.74) is 0.260. The molecule has 1 aromatic carbocycles. The lowest BCUT2D eigenvalue weighted by Crippen LogP contribution is -2.20. The van der Waals surface area contributed by atoms with E-state index in [0.717, 1.165) is 12.8 Å². The number of aromatic hydroxyl groups is 1. The highest BCUT2D eigenvalue weighted by Crippen LogP contribution is 2.39. The van der Waals surface area contributed by atoms with Crippen LogP contribution in [0.5, 0.6) is 11.5 Å². The number of hydrogen-bond acceptors (Lipinski definition) is 6. The van der Waals surface area contributed by atoms with Gasteiger partial charge >= 0.3 is 5.97 Å². The van der Waals surface area contributed by atoms with Crippen LogP contribution in [0.4, 0.5) is 0 Å². The summed E-state index contributed by atoms with van der Waals surface area (Å²) in [7, 11) is 1.42. The molecule has 4 atom stereocenters. The molecule has 6 nitrogen and oxygen atoms in total. The zero-order chi connectivity index (χ0) is 18.8. The number of aliphatic hydroxyl groups is 1. The van der Waals surface area contributed by atoms with E-state index in [-0.39, 0.29) is 46.8 Å². The average Bonchev–Trinajstić information content (AvgIpc) is 3.31. The molecular weight excluding hydrogens is 360 g/mol. The smallest absolute Gasteiger partial charge is 0.342 e. The molecule has 2 N–H and O–H groups in total. The quantitative estimate of drug-likeness (QED) is 0.441. The number of rotatable bonds is 1. The molecular formula is C19H23ClO6. The highest BCUT2D eigenvalue weighted by molar-refractivity contribution is 6.33. The lowest BCUT2D eigenvalue weighted by atomic mass is 9.98. The number of phenolic OH excluding ortho intramolecular Hbond substituents is 1. The summed E-state index contributed by atoms with van der Waals surface area (Å²) in [6, 6.07) is 1.28. The van der Waals surface area contributed by atoms with Crippen molar-refractivity contribution in [1.29, 1.82) is 0 Å². The Morgan fingerprint density at radius 2 is 2.12 bits per heavy atom. The summed E-state index contributed by atoms with van der Waals surface area (Å²) in [6.07, 6.45) is 4.88. The Labute approximate surface area is 157 Å². The first kappa shape index (κ1) is 19.0. The topological polar surface area (TPSA) is 88.5 Å². The Balaban J connectivity index is 1.98. The van der Waals surface area contributed by atoms with Crippen molar-refractivity contribution in [1.82, 2.24) is 0 Å². The molecule has 0 aliphatic carbocycles. The van der Waals surface area contributed by atoms with Gasteiger partial charge in [0.05, 0.1) is 30.4 Å². The van der Waals surface area contributed by atoms with Crippen LogP contribution in [0.15, 0.2) is 18.2 Å². The summed E-state index contributed by atoms with van der Waals surface area (Å²) >= 11 is 6.35. The molecule has 0 amide bonds. The molecule has 2 aliphatic rings. The molecule has 0 bridgehead atoms. The zero-order valence-electron chi connectivity index (χ0n) is 14.8. The van der Waals surface area contributed by atoms with Crippen molar-refractivity contribution in [3.63, 3.8) is 0 Å². The van der Waals surface area contributed by atoms with Gasteiger partial charge in [-0.25, -0.2) is 4.79 Å². The summed E-state index contributed by atoms with van der Waals surface area (Å²) in [4.78, 5) is 12.7. The Kier molecular flexibility index (Phi) is 5.75. The Morgan fingerprint density at radius 3 is 2.85 bits per heavy atom. The molecule has 2 heterocycles. The number of phenols is 1. The molecule has 0 radical (unpaired) electrons. The van der Waals surface area contributed by atoms with Crippen LogP contribution in [-0.2, 0) is 15.9 Å². The summed E-state index contributed by atoms with van der Waals surface area (Å²) in [6.45, 7) is 1.79. The Morgan fingerprint density at radius 1 is 1.35 bits per heavy atom. The van der Waals surface area contributed by atoms with Crippen molar-refractivity contribution in [3.05, 3.63) is 34.4 Å². The molecule has 26 heavy (non-hydrogen) atoms. The number of epoxide rings is 1. The number of benzene rings is 1. The monoisotopic (exact) mass is 382 g/mol. The number of cyclic esters (lactones) is 1. The van der Waals surface area contributed by atoms with Gasteiger partial charge in [-0.3, -0.25) is 0 Å². The largest absolute Gasteiger partial charge is 0.507 e. The first-order valence-electron chi connectivity index (χ1n) is 8.70. The zero-order valence-corrected chi connectivity index (χ0v) is 15.5. The second kappa shape index (κ2) is 7.86. The lowest BCUT2D eigenvalue weighted by molar-refractivity contribution is 0.0305. The van der Waals surface area contributed by atoms with Crippen LogP contribution in [0.3, 0.4) is 0 Å². The minimum absolute atomic E-state index is 0.0413. The van der Waals surface area contributed by atoms with Crippen molar-refractivity contribution in [2.75, 3.05) is 7.11 Å². The minimum Gasteiger partial charge on any atom is -0.507 e. The van der Waals surface area contributed by atoms with Gasteiger partial charge in [-0.1, -0.05) is 23.8 Å². The number of esters is 1. The molecule has 0 spiro atoms. The third-order valence-electron chi connectivity index (χ3n) is 4.68. The average molecular weight is 383 g/mol. The lowest BCUT2D eigenvalue weighted by Gasteiger charge is -2.19. The van der Waals surface area contributed by atoms with Crippen molar-refractivity contribution >= 4 is 17.6 Å². The number of carbonyl (C=O) groups is 1. The summed E-state index contributed by atoms with van der Waals surface area (Å²) < 4.78 is 16.2. The van der Waals surface area contributed by atoms with Gasteiger partial charge in [0.15, 0.2) is 0 Å². The van der Waals surface area contributed by atoms with Crippen LogP contribution < -0.4 is 4.74 Å². The number of halogens is 1. The van der Waals surface area contributed by atoms with E-state index in [1.54, 1.807) is 13.0 Å². The van der Waals surface area contributed by atoms with Gasteiger partial charge in [-0.15, -0.1) is 0 Å². The van der Waals surface area contributed by atoms with Crippen LogP contribution in [0.2, 0.25) is 5.02 Å². The number of carbonyl (C=O) groups excluding carboxylic acids is 1. The molecule has 3 rings (SSSR count). The first-order chi connectivity index (χ1) is 12.4. The fourth-order valence-electron chi connectivity index (χ4n) is 3.29. The van der Waals surface area contributed by atoms with Crippen molar-refractivity contribution < 1.29 is 29.2 Å². The fraction of sp³-hybridized carbons (Fsp3) is 0.526. The maximum Gasteiger partial charge on any atom is 0.342 e. The minimum atomic E-state index is -0.859. The van der Waals surface area contributed by atoms with Gasteiger partial charge in [-0.05, 0) is 25.3 Å². The molecule has 2 aliphatic heterocycles. The van der Waals surface area contributed by atoms with E-state index in [1.165, 1.54) is 13.2 Å². The SMILES string of the molecule is COc1cc(O)c2c(c1Cl)C[C@H](O)C=CCC[C@@H]1O[C@H]1C[C@@H](C)OC2=O. The first-order valence-corrected chi connectivity index (χ1v) is 9.08. The molecule has 0 unspecified atom stereocenters. The molecule has 7 heteroatoms. The van der Waals surface area contributed by atoms with E-state index in [4.69, 9.17) is 25.8 Å². The number of allylic oxidation sites excluding steroid dienone is 1. The number of aliphatic hydroxyl groups excluding tert-OH is 1. The molecule has 1 aromatic rings. The van der Waals surface area contributed by atoms with E-state index in [2.05, 4.69) is 0 Å². The van der Waals surface area contributed by atoms with Crippen LogP contribution in [0.1, 0.15) is 42.1 Å². The van der Waals surface area contributed by atoms with Crippen molar-refractivity contribution in [2.45, 2.75) is 57.0 Å². The maximum absolute atomic E-state index is 12.7. The molecule has 142 valence electrons. The number of fused-ring (bicyclic) bond motifs is 2. The van der Waals surface area contributed by atoms with Crippen molar-refractivity contribution in [2.24, 2.45) is 0 Å². The van der Waals surface area contributed by atoms with E-state index >= 15 is 0 Å². The van der Waals surface area contributed by atoms with Gasteiger partial charge in [-0.2, -0.15) is 0 Å². The third-order valence-corrected chi connectivity index (χ3v) is 5.09.